The van der Waals surface area contributed by atoms with Crippen LogP contribution in [0.5, 0.6) is 0 Å². The van der Waals surface area contributed by atoms with Gasteiger partial charge in [0.2, 0.25) is 5.95 Å². The molecule has 4 heterocycles. The molecule has 7 heteroatoms. The Bertz CT molecular complexity index is 822. The van der Waals surface area contributed by atoms with Gasteiger partial charge in [-0.25, -0.2) is 15.0 Å². The third-order valence-corrected chi connectivity index (χ3v) is 5.98. The molecule has 148 valence electrons. The van der Waals surface area contributed by atoms with E-state index in [0.29, 0.717) is 6.04 Å². The minimum absolute atomic E-state index is 0.359. The Labute approximate surface area is 166 Å². The van der Waals surface area contributed by atoms with Gasteiger partial charge >= 0.3 is 0 Å². The molecule has 3 aliphatic rings. The predicted octanol–water partition coefficient (Wildman–Crippen LogP) is 2.28. The van der Waals surface area contributed by atoms with Crippen LogP contribution in [0.15, 0.2) is 24.5 Å². The molecule has 0 spiro atoms. The smallest absolute Gasteiger partial charge is 0.225 e. The van der Waals surface area contributed by atoms with Crippen LogP contribution in [0.2, 0.25) is 0 Å². The first kappa shape index (κ1) is 17.7. The van der Waals surface area contributed by atoms with Crippen LogP contribution >= 0.6 is 0 Å². The fraction of sp³-hybridized carbons (Fsp3) is 0.571. The van der Waals surface area contributed by atoms with E-state index in [9.17, 15) is 0 Å². The highest BCUT2D eigenvalue weighted by Crippen LogP contribution is 2.25. The minimum atomic E-state index is 0.359. The number of nitrogens with zero attached hydrogens (tertiary/aromatic N) is 5. The number of anilines is 3. The van der Waals surface area contributed by atoms with Crippen LogP contribution in [0.3, 0.4) is 0 Å². The summed E-state index contributed by atoms with van der Waals surface area (Å²) in [7, 11) is 0. The largest absolute Gasteiger partial charge is 0.378 e. The number of hydrogen-bond acceptors (Lipinski definition) is 7. The molecular formula is C21H28N6O. The molecule has 5 rings (SSSR count). The average molecular weight is 380 g/mol. The summed E-state index contributed by atoms with van der Waals surface area (Å²) >= 11 is 0. The molecule has 7 nitrogen and oxygen atoms in total. The van der Waals surface area contributed by atoms with Crippen molar-refractivity contribution in [2.24, 2.45) is 0 Å². The second-order valence-electron chi connectivity index (χ2n) is 7.92. The number of fused-ring (bicyclic) bond motifs is 1. The average Bonchev–Trinajstić information content (AvgIpc) is 3.23. The number of rotatable bonds is 4. The summed E-state index contributed by atoms with van der Waals surface area (Å²) < 4.78 is 5.46. The number of piperidine rings is 1. The number of morpholine rings is 1. The number of aryl methyl sites for hydroxylation is 2. The quantitative estimate of drug-likeness (QED) is 0.873. The van der Waals surface area contributed by atoms with Crippen LogP contribution in [0.25, 0.3) is 0 Å². The lowest BCUT2D eigenvalue weighted by molar-refractivity contribution is 0.122. The molecule has 2 aromatic rings. The van der Waals surface area contributed by atoms with E-state index in [1.165, 1.54) is 23.4 Å². The minimum Gasteiger partial charge on any atom is -0.378 e. The maximum atomic E-state index is 5.46. The molecule has 2 aliphatic heterocycles. The van der Waals surface area contributed by atoms with Crippen molar-refractivity contribution in [2.45, 2.75) is 38.1 Å². The number of pyridine rings is 1. The van der Waals surface area contributed by atoms with Gasteiger partial charge in [0.15, 0.2) is 0 Å². The molecule has 28 heavy (non-hydrogen) atoms. The summed E-state index contributed by atoms with van der Waals surface area (Å²) in [5.41, 5.74) is 3.80. The maximum Gasteiger partial charge on any atom is 0.225 e. The van der Waals surface area contributed by atoms with Gasteiger partial charge in [-0.05, 0) is 43.7 Å². The molecule has 0 aromatic carbocycles. The Morgan fingerprint density at radius 3 is 2.89 bits per heavy atom. The zero-order valence-electron chi connectivity index (χ0n) is 16.3. The lowest BCUT2D eigenvalue weighted by atomic mass is 10.1. The Kier molecular flexibility index (Phi) is 4.99. The van der Waals surface area contributed by atoms with Gasteiger partial charge in [-0.15, -0.1) is 0 Å². The third-order valence-electron chi connectivity index (χ3n) is 5.98. The fourth-order valence-corrected chi connectivity index (χ4v) is 4.46. The second kappa shape index (κ2) is 7.91. The first-order chi connectivity index (χ1) is 13.8. The molecule has 0 bridgehead atoms. The standard InChI is InChI=1S/C21H28N6O/c1-3-16-14-23-21(25-19(16)5-1)27-8-2-4-17(15-27)24-20-13-18(6-7-22-20)26-9-11-28-12-10-26/h6-7,13-14,17H,1-5,8-12,15H2,(H,22,24)/t17-/m1/s1. The fourth-order valence-electron chi connectivity index (χ4n) is 4.46. The Balaban J connectivity index is 1.26. The molecule has 0 saturated carbocycles. The maximum absolute atomic E-state index is 5.46. The highest BCUT2D eigenvalue weighted by molar-refractivity contribution is 5.54. The lowest BCUT2D eigenvalue weighted by Gasteiger charge is -2.34. The van der Waals surface area contributed by atoms with Crippen LogP contribution in [-0.2, 0) is 17.6 Å². The highest BCUT2D eigenvalue weighted by atomic mass is 16.5. The van der Waals surface area contributed by atoms with Crippen molar-refractivity contribution >= 4 is 17.5 Å². The predicted molar refractivity (Wildman–Crippen MR) is 110 cm³/mol. The van der Waals surface area contributed by atoms with E-state index in [0.717, 1.165) is 76.8 Å². The molecule has 1 aliphatic carbocycles. The van der Waals surface area contributed by atoms with Gasteiger partial charge in [0.25, 0.3) is 0 Å². The van der Waals surface area contributed by atoms with E-state index in [2.05, 4.69) is 37.2 Å². The Morgan fingerprint density at radius 1 is 1.04 bits per heavy atom. The number of ether oxygens (including phenoxy) is 1. The molecule has 2 fully saturated rings. The van der Waals surface area contributed by atoms with Gasteiger partial charge in [0, 0.05) is 62.1 Å². The summed E-state index contributed by atoms with van der Waals surface area (Å²) in [6.07, 6.45) is 9.66. The molecule has 2 saturated heterocycles. The summed E-state index contributed by atoms with van der Waals surface area (Å²) in [5, 5.41) is 3.65. The lowest BCUT2D eigenvalue weighted by Crippen LogP contribution is -2.43. The van der Waals surface area contributed by atoms with E-state index >= 15 is 0 Å². The molecule has 1 atom stereocenters. The van der Waals surface area contributed by atoms with Crippen molar-refractivity contribution in [3.63, 3.8) is 0 Å². The zero-order chi connectivity index (χ0) is 18.8. The van der Waals surface area contributed by atoms with Gasteiger partial charge < -0.3 is 19.9 Å². The second-order valence-corrected chi connectivity index (χ2v) is 7.92. The van der Waals surface area contributed by atoms with Crippen molar-refractivity contribution < 1.29 is 4.74 Å². The van der Waals surface area contributed by atoms with Gasteiger partial charge in [-0.2, -0.15) is 0 Å². The molecule has 0 unspecified atom stereocenters. The normalized spacial score (nSPS) is 22.2. The van der Waals surface area contributed by atoms with Crippen molar-refractivity contribution in [2.75, 3.05) is 54.5 Å². The van der Waals surface area contributed by atoms with Gasteiger partial charge in [0.1, 0.15) is 5.82 Å². The van der Waals surface area contributed by atoms with Crippen LogP contribution in [0.1, 0.15) is 30.5 Å². The zero-order valence-corrected chi connectivity index (χ0v) is 16.3. The molecule has 0 radical (unpaired) electrons. The van der Waals surface area contributed by atoms with Crippen LogP contribution in [0.4, 0.5) is 17.5 Å². The molecule has 0 amide bonds. The van der Waals surface area contributed by atoms with E-state index in [1.807, 2.05) is 12.4 Å². The number of nitrogens with one attached hydrogen (secondary N) is 1. The first-order valence-corrected chi connectivity index (χ1v) is 10.5. The highest BCUT2D eigenvalue weighted by Gasteiger charge is 2.24. The third kappa shape index (κ3) is 3.76. The molecular weight excluding hydrogens is 352 g/mol. The first-order valence-electron chi connectivity index (χ1n) is 10.5. The number of aromatic nitrogens is 3. The van der Waals surface area contributed by atoms with E-state index in [1.54, 1.807) is 0 Å². The van der Waals surface area contributed by atoms with Crippen molar-refractivity contribution in [3.8, 4) is 0 Å². The van der Waals surface area contributed by atoms with E-state index in [-0.39, 0.29) is 0 Å². The summed E-state index contributed by atoms with van der Waals surface area (Å²) in [4.78, 5) is 18.7. The SMILES string of the molecule is c1cc(N2CCOCC2)cc(N[C@@H]2CCCN(c3ncc4c(n3)CCC4)C2)n1. The van der Waals surface area contributed by atoms with Crippen LogP contribution in [0, 0.1) is 0 Å². The van der Waals surface area contributed by atoms with Gasteiger partial charge in [0.05, 0.1) is 13.2 Å². The Morgan fingerprint density at radius 2 is 1.96 bits per heavy atom. The van der Waals surface area contributed by atoms with Gasteiger partial charge in [-0.3, -0.25) is 0 Å². The topological polar surface area (TPSA) is 66.4 Å². The summed E-state index contributed by atoms with van der Waals surface area (Å²) in [5.74, 6) is 1.84. The number of hydrogen-bond donors (Lipinski definition) is 1. The van der Waals surface area contributed by atoms with E-state index < -0.39 is 0 Å². The van der Waals surface area contributed by atoms with E-state index in [4.69, 9.17) is 9.72 Å². The Hall–Kier alpha value is -2.41. The van der Waals surface area contributed by atoms with Crippen LogP contribution in [-0.4, -0.2) is 60.4 Å². The monoisotopic (exact) mass is 380 g/mol. The molecule has 2 aromatic heterocycles. The van der Waals surface area contributed by atoms with Crippen LogP contribution < -0.4 is 15.1 Å². The molecule has 1 N–H and O–H groups in total. The van der Waals surface area contributed by atoms with Crippen molar-refractivity contribution in [1.82, 2.24) is 15.0 Å². The summed E-state index contributed by atoms with van der Waals surface area (Å²) in [6.45, 7) is 5.42. The van der Waals surface area contributed by atoms with Crippen molar-refractivity contribution in [3.05, 3.63) is 35.8 Å². The summed E-state index contributed by atoms with van der Waals surface area (Å²) in [6, 6.07) is 4.61. The van der Waals surface area contributed by atoms with Crippen molar-refractivity contribution in [1.29, 1.82) is 0 Å². The van der Waals surface area contributed by atoms with Gasteiger partial charge in [-0.1, -0.05) is 0 Å².